The maximum absolute atomic E-state index is 13.8. The normalized spacial score (nSPS) is 14.2. The molecular weight excluding hydrogens is 709 g/mol. The number of aryl methyl sites for hydroxylation is 1. The van der Waals surface area contributed by atoms with Crippen LogP contribution in [0.25, 0.3) is 11.3 Å². The number of carboxylic acids is 1. The molecule has 1 atom stereocenters. The average molecular weight is 765 g/mol. The summed E-state index contributed by atoms with van der Waals surface area (Å²) in [5.41, 5.74) is 7.01. The van der Waals surface area contributed by atoms with Crippen molar-refractivity contribution in [3.05, 3.63) is 113 Å². The van der Waals surface area contributed by atoms with Gasteiger partial charge in [0.25, 0.3) is 11.8 Å². The number of benzene rings is 3. The van der Waals surface area contributed by atoms with Gasteiger partial charge in [-0.25, -0.2) is 0 Å². The highest BCUT2D eigenvalue weighted by Crippen LogP contribution is 2.35. The molecule has 2 amide bonds. The SMILES string of the molecule is CCN(CC)c1ccc(NC(=O)c2cccc(CSC(C)(C)CCOC(C)(C)CCC(=O)O)c2)c(-c2cc(C(=O)NC3CCCc4ccccc43)ccn2)c1. The minimum absolute atomic E-state index is 0.0431. The highest BCUT2D eigenvalue weighted by Gasteiger charge is 2.25. The van der Waals surface area contributed by atoms with E-state index >= 15 is 0 Å². The number of carbonyl (C=O) groups is 3. The van der Waals surface area contributed by atoms with E-state index in [-0.39, 0.29) is 29.0 Å². The summed E-state index contributed by atoms with van der Waals surface area (Å²) in [5, 5.41) is 15.4. The molecule has 0 saturated carbocycles. The highest BCUT2D eigenvalue weighted by atomic mass is 32.2. The summed E-state index contributed by atoms with van der Waals surface area (Å²) in [6, 6.07) is 25.5. The summed E-state index contributed by atoms with van der Waals surface area (Å²) in [4.78, 5) is 45.4. The van der Waals surface area contributed by atoms with Gasteiger partial charge in [0.2, 0.25) is 0 Å². The van der Waals surface area contributed by atoms with Crippen LogP contribution < -0.4 is 15.5 Å². The van der Waals surface area contributed by atoms with Gasteiger partial charge in [0.1, 0.15) is 0 Å². The van der Waals surface area contributed by atoms with Crippen molar-refractivity contribution in [3.8, 4) is 11.3 Å². The zero-order valence-corrected chi connectivity index (χ0v) is 33.9. The lowest BCUT2D eigenvalue weighted by atomic mass is 9.87. The number of rotatable bonds is 18. The van der Waals surface area contributed by atoms with Crippen molar-refractivity contribution in [2.24, 2.45) is 0 Å². The van der Waals surface area contributed by atoms with Gasteiger partial charge in [-0.05, 0) is 119 Å². The monoisotopic (exact) mass is 764 g/mol. The number of nitrogens with zero attached hydrogens (tertiary/aromatic N) is 2. The molecule has 1 aliphatic carbocycles. The van der Waals surface area contributed by atoms with E-state index in [1.165, 1.54) is 11.1 Å². The zero-order chi connectivity index (χ0) is 39.6. The first-order valence-corrected chi connectivity index (χ1v) is 20.4. The summed E-state index contributed by atoms with van der Waals surface area (Å²) in [6.07, 6.45) is 5.94. The van der Waals surface area contributed by atoms with Gasteiger partial charge in [-0.2, -0.15) is 11.8 Å². The molecule has 0 saturated heterocycles. The molecule has 0 aliphatic heterocycles. The maximum atomic E-state index is 13.8. The van der Waals surface area contributed by atoms with Gasteiger partial charge in [-0.15, -0.1) is 0 Å². The Morgan fingerprint density at radius 3 is 2.44 bits per heavy atom. The number of aliphatic carboxylic acids is 1. The number of hydrogen-bond donors (Lipinski definition) is 3. The van der Waals surface area contributed by atoms with E-state index in [0.717, 1.165) is 55.6 Å². The molecule has 3 N–H and O–H groups in total. The largest absolute Gasteiger partial charge is 0.481 e. The molecular formula is C45H56N4O5S. The molecule has 10 heteroatoms. The predicted molar refractivity (Wildman–Crippen MR) is 224 cm³/mol. The Bertz CT molecular complexity index is 1960. The molecule has 55 heavy (non-hydrogen) atoms. The molecule has 0 spiro atoms. The first kappa shape index (κ1) is 41.5. The molecule has 292 valence electrons. The molecule has 4 aromatic rings. The number of fused-ring (bicyclic) bond motifs is 1. The highest BCUT2D eigenvalue weighted by molar-refractivity contribution is 7.99. The molecule has 9 nitrogen and oxygen atoms in total. The van der Waals surface area contributed by atoms with Crippen molar-refractivity contribution in [1.29, 1.82) is 0 Å². The van der Waals surface area contributed by atoms with Gasteiger partial charge in [-0.1, -0.05) is 50.2 Å². The number of amides is 2. The minimum Gasteiger partial charge on any atom is -0.481 e. The molecule has 5 rings (SSSR count). The Labute approximate surface area is 330 Å². The second kappa shape index (κ2) is 18.8. The molecule has 3 aromatic carbocycles. The van der Waals surface area contributed by atoms with Crippen LogP contribution in [0.2, 0.25) is 0 Å². The lowest BCUT2D eigenvalue weighted by Crippen LogP contribution is -2.31. The van der Waals surface area contributed by atoms with Crippen molar-refractivity contribution >= 4 is 40.9 Å². The fraction of sp³-hybridized carbons (Fsp3) is 0.422. The summed E-state index contributed by atoms with van der Waals surface area (Å²) in [6.45, 7) is 14.6. The molecule has 1 heterocycles. The van der Waals surface area contributed by atoms with Crippen LogP contribution in [0.5, 0.6) is 0 Å². The number of nitrogens with one attached hydrogen (secondary N) is 2. The van der Waals surface area contributed by atoms with E-state index in [1.54, 1.807) is 24.0 Å². The van der Waals surface area contributed by atoms with Crippen molar-refractivity contribution in [3.63, 3.8) is 0 Å². The van der Waals surface area contributed by atoms with Crippen LogP contribution in [-0.4, -0.2) is 57.9 Å². The third kappa shape index (κ3) is 11.7. The topological polar surface area (TPSA) is 121 Å². The van der Waals surface area contributed by atoms with Crippen molar-refractivity contribution in [1.82, 2.24) is 10.3 Å². The predicted octanol–water partition coefficient (Wildman–Crippen LogP) is 9.72. The number of carbonyl (C=O) groups excluding carboxylic acids is 2. The van der Waals surface area contributed by atoms with E-state index in [9.17, 15) is 14.4 Å². The summed E-state index contributed by atoms with van der Waals surface area (Å²) in [7, 11) is 0. The van der Waals surface area contributed by atoms with E-state index in [1.807, 2.05) is 68.4 Å². The average Bonchev–Trinajstić information content (AvgIpc) is 3.17. The lowest BCUT2D eigenvalue weighted by Gasteiger charge is -2.29. The summed E-state index contributed by atoms with van der Waals surface area (Å²) in [5.74, 6) is -0.488. The fourth-order valence-electron chi connectivity index (χ4n) is 6.90. The standard InChI is InChI=1S/C45H56N4O5S/c1-7-49(8-2)35-19-20-39(37(29-35)40-28-34(22-25-46-40)43(53)47-38-18-12-15-32-14-9-10-17-36(32)38)48-42(52)33-16-11-13-31(27-33)30-55-45(5,6)24-26-54-44(3,4)23-21-41(50)51/h9-11,13-14,16-17,19-20,22,25,27-29,38H,7-8,12,15,18,21,23-24,26,30H2,1-6H3,(H,47,53)(H,48,52)(H,50,51). The lowest BCUT2D eigenvalue weighted by molar-refractivity contribution is -0.138. The Hall–Kier alpha value is -4.67. The second-order valence-corrected chi connectivity index (χ2v) is 17.1. The van der Waals surface area contributed by atoms with Crippen LogP contribution in [0.15, 0.2) is 85.1 Å². The van der Waals surface area contributed by atoms with Crippen LogP contribution in [-0.2, 0) is 21.7 Å². The van der Waals surface area contributed by atoms with Crippen LogP contribution in [0.4, 0.5) is 11.4 Å². The van der Waals surface area contributed by atoms with Gasteiger partial charge in [0.15, 0.2) is 0 Å². The minimum atomic E-state index is -0.818. The number of thioether (sulfide) groups is 1. The number of ether oxygens (including phenoxy) is 1. The number of aromatic nitrogens is 1. The second-order valence-electron chi connectivity index (χ2n) is 15.4. The number of hydrogen-bond acceptors (Lipinski definition) is 7. The molecule has 0 bridgehead atoms. The van der Waals surface area contributed by atoms with Gasteiger partial charge < -0.3 is 25.4 Å². The van der Waals surface area contributed by atoms with Crippen molar-refractivity contribution in [2.75, 3.05) is 29.9 Å². The molecule has 1 unspecified atom stereocenters. The van der Waals surface area contributed by atoms with E-state index < -0.39 is 11.6 Å². The summed E-state index contributed by atoms with van der Waals surface area (Å²) < 4.78 is 5.96. The first-order chi connectivity index (χ1) is 26.3. The molecule has 1 aliphatic rings. The Morgan fingerprint density at radius 2 is 1.67 bits per heavy atom. The quantitative estimate of drug-likeness (QED) is 0.0916. The van der Waals surface area contributed by atoms with Crippen molar-refractivity contribution < 1.29 is 24.2 Å². The Kier molecular flexibility index (Phi) is 14.2. The van der Waals surface area contributed by atoms with Crippen LogP contribution in [0, 0.1) is 0 Å². The van der Waals surface area contributed by atoms with E-state index in [4.69, 9.17) is 14.8 Å². The molecule has 0 fully saturated rings. The fourth-order valence-corrected chi connectivity index (χ4v) is 7.87. The van der Waals surface area contributed by atoms with Gasteiger partial charge >= 0.3 is 5.97 Å². The first-order valence-electron chi connectivity index (χ1n) is 19.4. The van der Waals surface area contributed by atoms with E-state index in [0.29, 0.717) is 41.3 Å². The Morgan fingerprint density at radius 1 is 0.909 bits per heavy atom. The third-order valence-corrected chi connectivity index (χ3v) is 11.8. The van der Waals surface area contributed by atoms with Crippen LogP contribution >= 0.6 is 11.8 Å². The summed E-state index contributed by atoms with van der Waals surface area (Å²) >= 11 is 1.79. The molecule has 0 radical (unpaired) electrons. The maximum Gasteiger partial charge on any atom is 0.303 e. The van der Waals surface area contributed by atoms with Crippen LogP contribution in [0.3, 0.4) is 0 Å². The molecule has 1 aromatic heterocycles. The number of pyridine rings is 1. The van der Waals surface area contributed by atoms with Crippen molar-refractivity contribution in [2.45, 2.75) is 102 Å². The third-order valence-electron chi connectivity index (χ3n) is 10.3. The van der Waals surface area contributed by atoms with E-state index in [2.05, 4.69) is 61.4 Å². The van der Waals surface area contributed by atoms with Crippen LogP contribution in [0.1, 0.15) is 117 Å². The van der Waals surface area contributed by atoms with Gasteiger partial charge in [-0.3, -0.25) is 19.4 Å². The number of carboxylic acid groups (broad SMARTS) is 1. The van der Waals surface area contributed by atoms with Gasteiger partial charge in [0, 0.05) is 65.2 Å². The smallest absolute Gasteiger partial charge is 0.303 e. The number of anilines is 2. The van der Waals surface area contributed by atoms with Gasteiger partial charge in [0.05, 0.1) is 23.0 Å². The Balaban J connectivity index is 1.30. The zero-order valence-electron chi connectivity index (χ0n) is 33.1.